The average Bonchev–Trinajstić information content (AvgIpc) is 3.09. The lowest BCUT2D eigenvalue weighted by atomic mass is 9.59. The highest BCUT2D eigenvalue weighted by molar-refractivity contribution is 5.96. The van der Waals surface area contributed by atoms with Crippen LogP contribution in [0.15, 0.2) is 18.3 Å². The Morgan fingerprint density at radius 3 is 2.77 bits per heavy atom. The number of carbonyl (C=O) groups is 1. The monoisotopic (exact) mass is 423 g/mol. The number of aromatic nitrogens is 1. The maximum absolute atomic E-state index is 15.2. The Kier molecular flexibility index (Phi) is 4.25. The first-order chi connectivity index (χ1) is 14.6. The van der Waals surface area contributed by atoms with Crippen molar-refractivity contribution >= 4 is 16.8 Å². The van der Waals surface area contributed by atoms with Crippen molar-refractivity contribution in [2.24, 2.45) is 10.8 Å². The molecule has 1 aromatic heterocycles. The number of nitriles is 1. The van der Waals surface area contributed by atoms with Crippen molar-refractivity contribution in [3.63, 3.8) is 0 Å². The van der Waals surface area contributed by atoms with E-state index in [4.69, 9.17) is 4.74 Å². The van der Waals surface area contributed by atoms with Crippen LogP contribution in [0.3, 0.4) is 0 Å². The molecule has 6 rings (SSSR count). The molecule has 4 fully saturated rings. The van der Waals surface area contributed by atoms with Crippen LogP contribution in [0.1, 0.15) is 64.9 Å². The summed E-state index contributed by atoms with van der Waals surface area (Å²) >= 11 is 0. The largest absolute Gasteiger partial charge is 0.494 e. The number of methoxy groups -OCH3 is 1. The minimum absolute atomic E-state index is 0.0308. The number of ether oxygens (including phenoxy) is 1. The Morgan fingerprint density at radius 1 is 1.32 bits per heavy atom. The number of fused-ring (bicyclic) bond motifs is 2. The maximum atomic E-state index is 15.2. The lowest BCUT2D eigenvalue weighted by Crippen LogP contribution is -2.60. The summed E-state index contributed by atoms with van der Waals surface area (Å²) in [6.07, 6.45) is 7.10. The van der Waals surface area contributed by atoms with Crippen molar-refractivity contribution in [3.05, 3.63) is 29.7 Å². The van der Waals surface area contributed by atoms with Gasteiger partial charge in [0.05, 0.1) is 24.0 Å². The van der Waals surface area contributed by atoms with Crippen LogP contribution in [0, 0.1) is 28.0 Å². The van der Waals surface area contributed by atoms with Gasteiger partial charge >= 0.3 is 0 Å². The first-order valence-corrected chi connectivity index (χ1v) is 11.2. The number of hydrogen-bond acceptors (Lipinski definition) is 3. The molecule has 2 aliphatic heterocycles. The van der Waals surface area contributed by atoms with Crippen molar-refractivity contribution in [1.29, 1.82) is 5.26 Å². The van der Waals surface area contributed by atoms with Gasteiger partial charge in [0.2, 0.25) is 5.91 Å². The van der Waals surface area contributed by atoms with Crippen molar-refractivity contribution in [1.82, 2.24) is 9.88 Å². The van der Waals surface area contributed by atoms with E-state index < -0.39 is 11.2 Å². The number of amides is 1. The number of benzene rings is 1. The van der Waals surface area contributed by atoms with E-state index in [0.29, 0.717) is 16.5 Å². The van der Waals surface area contributed by atoms with Crippen LogP contribution in [0.5, 0.6) is 5.75 Å². The van der Waals surface area contributed by atoms with Gasteiger partial charge in [0.25, 0.3) is 0 Å². The van der Waals surface area contributed by atoms with Gasteiger partial charge in [-0.2, -0.15) is 5.26 Å². The highest BCUT2D eigenvalue weighted by Gasteiger charge is 2.58. The molecule has 1 amide bonds. The predicted molar refractivity (Wildman–Crippen MR) is 116 cm³/mol. The average molecular weight is 424 g/mol. The number of hydrogen-bond donors (Lipinski definition) is 1. The summed E-state index contributed by atoms with van der Waals surface area (Å²) in [5, 5.41) is 10.4. The summed E-state index contributed by atoms with van der Waals surface area (Å²) < 4.78 is 20.4. The molecule has 6 heteroatoms. The lowest BCUT2D eigenvalue weighted by molar-refractivity contribution is -0.149. The third kappa shape index (κ3) is 2.82. The highest BCUT2D eigenvalue weighted by atomic mass is 19.1. The first-order valence-electron chi connectivity index (χ1n) is 11.2. The first kappa shape index (κ1) is 20.4. The van der Waals surface area contributed by atoms with E-state index in [1.807, 2.05) is 13.8 Å². The zero-order chi connectivity index (χ0) is 22.2. The van der Waals surface area contributed by atoms with Crippen LogP contribution >= 0.6 is 0 Å². The van der Waals surface area contributed by atoms with Gasteiger partial charge in [0.1, 0.15) is 0 Å². The molecule has 4 aliphatic rings. The normalized spacial score (nSPS) is 32.2. The minimum atomic E-state index is -0.908. The number of H-pyrrole nitrogens is 1. The summed E-state index contributed by atoms with van der Waals surface area (Å²) in [6, 6.07) is 6.25. The second-order valence-corrected chi connectivity index (χ2v) is 10.9. The van der Waals surface area contributed by atoms with E-state index >= 15 is 4.39 Å². The number of piperidine rings is 1. The molecule has 1 N–H and O–H groups in total. The van der Waals surface area contributed by atoms with E-state index in [9.17, 15) is 10.1 Å². The molecule has 31 heavy (non-hydrogen) atoms. The van der Waals surface area contributed by atoms with Gasteiger partial charge in [0, 0.05) is 29.2 Å². The van der Waals surface area contributed by atoms with E-state index in [1.54, 1.807) is 18.3 Å². The van der Waals surface area contributed by atoms with Crippen molar-refractivity contribution in [2.75, 3.05) is 7.11 Å². The van der Waals surface area contributed by atoms with Crippen molar-refractivity contribution < 1.29 is 13.9 Å². The number of aromatic amines is 1. The molecular weight excluding hydrogens is 393 g/mol. The van der Waals surface area contributed by atoms with Crippen LogP contribution < -0.4 is 4.74 Å². The van der Waals surface area contributed by atoms with E-state index in [0.717, 1.165) is 38.5 Å². The molecule has 4 bridgehead atoms. The molecule has 4 atom stereocenters. The summed E-state index contributed by atoms with van der Waals surface area (Å²) in [7, 11) is 1.45. The molecule has 164 valence electrons. The summed E-state index contributed by atoms with van der Waals surface area (Å²) in [5.41, 5.74) is 0.210. The molecule has 2 aliphatic carbocycles. The van der Waals surface area contributed by atoms with Crippen LogP contribution in [-0.4, -0.2) is 35.0 Å². The quantitative estimate of drug-likeness (QED) is 0.750. The molecule has 4 unspecified atom stereocenters. The Morgan fingerprint density at radius 2 is 2.06 bits per heavy atom. The van der Waals surface area contributed by atoms with Crippen molar-refractivity contribution in [3.8, 4) is 11.8 Å². The van der Waals surface area contributed by atoms with E-state index in [-0.39, 0.29) is 34.6 Å². The Labute approximate surface area is 182 Å². The van der Waals surface area contributed by atoms with Gasteiger partial charge < -0.3 is 14.6 Å². The fraction of sp³-hybridized carbons (Fsp3) is 0.600. The third-order valence-electron chi connectivity index (χ3n) is 8.24. The number of halogens is 1. The molecule has 2 saturated heterocycles. The second-order valence-electron chi connectivity index (χ2n) is 10.9. The van der Waals surface area contributed by atoms with Crippen molar-refractivity contribution in [2.45, 2.75) is 76.8 Å². The smallest absolute Gasteiger partial charge is 0.233 e. The van der Waals surface area contributed by atoms with Gasteiger partial charge in [0.15, 0.2) is 11.6 Å². The second kappa shape index (κ2) is 6.48. The molecular formula is C25H30FN3O2. The van der Waals surface area contributed by atoms with Crippen LogP contribution in [-0.2, 0) is 10.2 Å². The fourth-order valence-electron chi connectivity index (χ4n) is 6.97. The van der Waals surface area contributed by atoms with Crippen LogP contribution in [0.2, 0.25) is 0 Å². The van der Waals surface area contributed by atoms with E-state index in [2.05, 4.69) is 22.9 Å². The molecule has 1 aromatic carbocycles. The third-order valence-corrected chi connectivity index (χ3v) is 8.24. The molecule has 0 spiro atoms. The van der Waals surface area contributed by atoms with Gasteiger partial charge in [-0.15, -0.1) is 0 Å². The highest BCUT2D eigenvalue weighted by Crippen LogP contribution is 2.59. The zero-order valence-electron chi connectivity index (χ0n) is 18.7. The van der Waals surface area contributed by atoms with Crippen LogP contribution in [0.25, 0.3) is 10.9 Å². The molecule has 0 radical (unpaired) electrons. The molecule has 5 nitrogen and oxygen atoms in total. The standard InChI is InChI=1S/C25H30FN3O2/c1-23(2,17-12-28-18-5-6-19(31-4)21(26)20(17)18)22(30)29-15-7-8-25(14-27)11-16(29)10-24(3,9-15)13-25/h5-6,12,15-16,28H,7-11,13H2,1-4H3. The van der Waals surface area contributed by atoms with Gasteiger partial charge in [-0.05, 0) is 75.5 Å². The van der Waals surface area contributed by atoms with Gasteiger partial charge in [-0.25, -0.2) is 4.39 Å². The molecule has 2 aromatic rings. The Balaban J connectivity index is 1.56. The summed E-state index contributed by atoms with van der Waals surface area (Å²) in [5.74, 6) is -0.235. The predicted octanol–water partition coefficient (Wildman–Crippen LogP) is 5.06. The van der Waals surface area contributed by atoms with E-state index in [1.165, 1.54) is 7.11 Å². The fourth-order valence-corrected chi connectivity index (χ4v) is 6.97. The lowest BCUT2D eigenvalue weighted by Gasteiger charge is -2.55. The summed E-state index contributed by atoms with van der Waals surface area (Å²) in [6.45, 7) is 6.07. The Bertz CT molecular complexity index is 1120. The maximum Gasteiger partial charge on any atom is 0.233 e. The Hall–Kier alpha value is -2.55. The minimum Gasteiger partial charge on any atom is -0.494 e. The van der Waals surface area contributed by atoms with Gasteiger partial charge in [-0.3, -0.25) is 4.79 Å². The number of carbonyl (C=O) groups excluding carboxylic acids is 1. The number of nitrogens with one attached hydrogen (secondary N) is 1. The number of rotatable bonds is 3. The number of nitrogens with zero attached hydrogens (tertiary/aromatic N) is 2. The zero-order valence-corrected chi connectivity index (χ0v) is 18.7. The van der Waals surface area contributed by atoms with Crippen LogP contribution in [0.4, 0.5) is 4.39 Å². The SMILES string of the molecule is COc1ccc2[nH]cc(C(C)(C)C(=O)N3C4CCC5(C#N)CC3CC(C)(C4)C5)c2c1F. The summed E-state index contributed by atoms with van der Waals surface area (Å²) in [4.78, 5) is 19.3. The van der Waals surface area contributed by atoms with Gasteiger partial charge in [-0.1, -0.05) is 6.92 Å². The molecule has 3 heterocycles. The topological polar surface area (TPSA) is 69.1 Å². The molecule has 2 saturated carbocycles.